The number of amides is 2. The van der Waals surface area contributed by atoms with Crippen LogP contribution in [-0.4, -0.2) is 44.7 Å². The molecule has 0 heterocycles. The van der Waals surface area contributed by atoms with Crippen LogP contribution in [0.5, 0.6) is 5.75 Å². The molecular formula is C23H23F3N2O6. The molecule has 0 bridgehead atoms. The number of rotatable bonds is 10. The van der Waals surface area contributed by atoms with Crippen LogP contribution in [0.2, 0.25) is 0 Å². The van der Waals surface area contributed by atoms with Gasteiger partial charge < -0.3 is 24.8 Å². The summed E-state index contributed by atoms with van der Waals surface area (Å²) in [5.41, 5.74) is -0.535. The van der Waals surface area contributed by atoms with E-state index in [2.05, 4.69) is 10.6 Å². The Morgan fingerprint density at radius 2 is 1.71 bits per heavy atom. The van der Waals surface area contributed by atoms with Gasteiger partial charge in [-0.2, -0.15) is 13.2 Å². The monoisotopic (exact) mass is 480 g/mol. The molecule has 8 nitrogen and oxygen atoms in total. The predicted molar refractivity (Wildman–Crippen MR) is 116 cm³/mol. The number of hydrogen-bond donors (Lipinski definition) is 2. The summed E-state index contributed by atoms with van der Waals surface area (Å²) in [6, 6.07) is 8.57. The molecule has 182 valence electrons. The lowest BCUT2D eigenvalue weighted by Crippen LogP contribution is -2.22. The van der Waals surface area contributed by atoms with Gasteiger partial charge in [-0.05, 0) is 55.3 Å². The van der Waals surface area contributed by atoms with Crippen LogP contribution in [0.4, 0.5) is 24.5 Å². The first-order valence-corrected chi connectivity index (χ1v) is 10.4. The summed E-state index contributed by atoms with van der Waals surface area (Å²) in [6.07, 6.45) is -2.90. The fourth-order valence-corrected chi connectivity index (χ4v) is 2.85. The largest absolute Gasteiger partial charge is 0.489 e. The second-order valence-corrected chi connectivity index (χ2v) is 7.52. The lowest BCUT2D eigenvalue weighted by molar-refractivity contribution is -0.137. The van der Waals surface area contributed by atoms with Gasteiger partial charge in [-0.15, -0.1) is 0 Å². The van der Waals surface area contributed by atoms with Gasteiger partial charge in [0.25, 0.3) is 5.91 Å². The van der Waals surface area contributed by atoms with Gasteiger partial charge >= 0.3 is 12.1 Å². The first kappa shape index (κ1) is 25.0. The fraction of sp³-hybridized carbons (Fsp3) is 0.348. The van der Waals surface area contributed by atoms with Crippen molar-refractivity contribution < 1.29 is 41.8 Å². The van der Waals surface area contributed by atoms with E-state index in [1.165, 1.54) is 31.4 Å². The number of hydrogen-bond acceptors (Lipinski definition) is 6. The number of esters is 1. The van der Waals surface area contributed by atoms with Crippen molar-refractivity contribution in [2.45, 2.75) is 19.0 Å². The minimum atomic E-state index is -4.62. The molecule has 0 spiro atoms. The van der Waals surface area contributed by atoms with Crippen molar-refractivity contribution in [1.82, 2.24) is 0 Å². The number of anilines is 2. The molecule has 0 aromatic heterocycles. The number of carbonyl (C=O) groups excluding carboxylic acids is 3. The minimum Gasteiger partial charge on any atom is -0.489 e. The molecule has 1 aliphatic carbocycles. The molecule has 34 heavy (non-hydrogen) atoms. The number of nitrogens with one attached hydrogen (secondary N) is 2. The van der Waals surface area contributed by atoms with E-state index < -0.39 is 30.2 Å². The Balaban J connectivity index is 1.57. The van der Waals surface area contributed by atoms with E-state index in [0.717, 1.165) is 31.0 Å². The maximum absolute atomic E-state index is 13.1. The second-order valence-electron chi connectivity index (χ2n) is 7.52. The molecule has 11 heteroatoms. The van der Waals surface area contributed by atoms with E-state index >= 15 is 0 Å². The summed E-state index contributed by atoms with van der Waals surface area (Å²) in [5, 5.41) is 5.01. The second kappa shape index (κ2) is 11.0. The third-order valence-corrected chi connectivity index (χ3v) is 4.80. The molecule has 1 saturated carbocycles. The van der Waals surface area contributed by atoms with Crippen LogP contribution in [0.25, 0.3) is 0 Å². The first-order chi connectivity index (χ1) is 16.2. The first-order valence-electron chi connectivity index (χ1n) is 10.4. The number of alkyl halides is 3. The normalized spacial score (nSPS) is 13.2. The zero-order chi connectivity index (χ0) is 24.7. The summed E-state index contributed by atoms with van der Waals surface area (Å²) >= 11 is 0. The zero-order valence-corrected chi connectivity index (χ0v) is 18.2. The average Bonchev–Trinajstić information content (AvgIpc) is 3.64. The topological polar surface area (TPSA) is 103 Å². The van der Waals surface area contributed by atoms with Crippen molar-refractivity contribution >= 4 is 29.2 Å². The maximum Gasteiger partial charge on any atom is 0.416 e. The quantitative estimate of drug-likeness (QED) is 0.395. The fourth-order valence-electron chi connectivity index (χ4n) is 2.85. The summed E-state index contributed by atoms with van der Waals surface area (Å²) in [5.74, 6) is -1.69. The smallest absolute Gasteiger partial charge is 0.416 e. The highest BCUT2D eigenvalue weighted by atomic mass is 19.4. The van der Waals surface area contributed by atoms with Crippen molar-refractivity contribution in [2.24, 2.45) is 5.92 Å². The van der Waals surface area contributed by atoms with Crippen LogP contribution < -0.4 is 15.4 Å². The lowest BCUT2D eigenvalue weighted by atomic mass is 10.1. The number of methoxy groups -OCH3 is 1. The molecule has 1 fully saturated rings. The van der Waals surface area contributed by atoms with Crippen LogP contribution in [-0.2, 0) is 25.2 Å². The Morgan fingerprint density at radius 1 is 1.00 bits per heavy atom. The van der Waals surface area contributed by atoms with Crippen molar-refractivity contribution in [2.75, 3.05) is 37.6 Å². The summed E-state index contributed by atoms with van der Waals surface area (Å²) < 4.78 is 54.3. The van der Waals surface area contributed by atoms with Crippen LogP contribution in [0.1, 0.15) is 28.8 Å². The molecule has 2 aromatic carbocycles. The van der Waals surface area contributed by atoms with E-state index in [-0.39, 0.29) is 42.0 Å². The van der Waals surface area contributed by atoms with Crippen LogP contribution in [0.3, 0.4) is 0 Å². The summed E-state index contributed by atoms with van der Waals surface area (Å²) in [6.45, 7) is -0.487. The molecule has 0 radical (unpaired) electrons. The molecule has 1 aliphatic rings. The van der Waals surface area contributed by atoms with E-state index in [4.69, 9.17) is 14.2 Å². The maximum atomic E-state index is 13.1. The van der Waals surface area contributed by atoms with Crippen LogP contribution in [0, 0.1) is 5.92 Å². The Morgan fingerprint density at radius 3 is 2.32 bits per heavy atom. The van der Waals surface area contributed by atoms with Gasteiger partial charge in [0.1, 0.15) is 12.4 Å². The van der Waals surface area contributed by atoms with E-state index in [9.17, 15) is 27.6 Å². The molecule has 0 saturated heterocycles. The van der Waals surface area contributed by atoms with Crippen molar-refractivity contribution in [3.8, 4) is 5.75 Å². The molecule has 2 N–H and O–H groups in total. The molecule has 0 aliphatic heterocycles. The molecule has 0 unspecified atom stereocenters. The number of halogens is 3. The van der Waals surface area contributed by atoms with Crippen LogP contribution in [0.15, 0.2) is 42.5 Å². The Bertz CT molecular complexity index is 1040. The van der Waals surface area contributed by atoms with E-state index in [0.29, 0.717) is 5.69 Å². The number of carbonyl (C=O) groups is 3. The predicted octanol–water partition coefficient (Wildman–Crippen LogP) is 3.87. The Kier molecular flexibility index (Phi) is 8.11. The minimum absolute atomic E-state index is 0.00793. The van der Waals surface area contributed by atoms with Gasteiger partial charge in [-0.1, -0.05) is 0 Å². The van der Waals surface area contributed by atoms with Crippen molar-refractivity contribution in [3.63, 3.8) is 0 Å². The Labute approximate surface area is 193 Å². The highest BCUT2D eigenvalue weighted by Gasteiger charge is 2.31. The highest BCUT2D eigenvalue weighted by Crippen LogP contribution is 2.35. The molecule has 3 rings (SSSR count). The highest BCUT2D eigenvalue weighted by molar-refractivity contribution is 5.97. The van der Waals surface area contributed by atoms with Gasteiger partial charge in [0.05, 0.1) is 23.4 Å². The van der Waals surface area contributed by atoms with Gasteiger partial charge in [-0.3, -0.25) is 9.59 Å². The van der Waals surface area contributed by atoms with Gasteiger partial charge in [0, 0.05) is 18.7 Å². The standard InChI is InChI=1S/C23H23F3N2O6/c1-32-10-11-33-19-9-6-16(23(24,25)26)12-18(19)28-20(29)13-34-22(31)15-4-7-17(8-5-15)27-21(30)14-2-3-14/h4-9,12,14H,2-3,10-11,13H2,1H3,(H,27,30)(H,28,29). The summed E-state index contributed by atoms with van der Waals surface area (Å²) in [4.78, 5) is 36.2. The van der Waals surface area contributed by atoms with Crippen LogP contribution >= 0.6 is 0 Å². The van der Waals surface area contributed by atoms with E-state index in [1.54, 1.807) is 0 Å². The zero-order valence-electron chi connectivity index (χ0n) is 18.2. The van der Waals surface area contributed by atoms with Crippen molar-refractivity contribution in [1.29, 1.82) is 0 Å². The molecular weight excluding hydrogens is 457 g/mol. The van der Waals surface area contributed by atoms with Gasteiger partial charge in [0.2, 0.25) is 5.91 Å². The Hall–Kier alpha value is -3.60. The van der Waals surface area contributed by atoms with Gasteiger partial charge in [0.15, 0.2) is 6.61 Å². The lowest BCUT2D eigenvalue weighted by Gasteiger charge is -2.15. The molecule has 2 amide bonds. The molecule has 0 atom stereocenters. The van der Waals surface area contributed by atoms with Gasteiger partial charge in [-0.25, -0.2) is 4.79 Å². The number of ether oxygens (including phenoxy) is 3. The van der Waals surface area contributed by atoms with E-state index in [1.807, 2.05) is 0 Å². The third-order valence-electron chi connectivity index (χ3n) is 4.80. The van der Waals surface area contributed by atoms with Crippen molar-refractivity contribution in [3.05, 3.63) is 53.6 Å². The third kappa shape index (κ3) is 7.20. The summed E-state index contributed by atoms with van der Waals surface area (Å²) in [7, 11) is 1.44. The molecule has 2 aromatic rings. The average molecular weight is 480 g/mol. The SMILES string of the molecule is COCCOc1ccc(C(F)(F)F)cc1NC(=O)COC(=O)c1ccc(NC(=O)C2CC2)cc1. The number of benzene rings is 2.